The highest BCUT2D eigenvalue weighted by molar-refractivity contribution is 5.54. The number of para-hydroxylation sites is 1. The molecule has 0 aromatic heterocycles. The summed E-state index contributed by atoms with van der Waals surface area (Å²) in [5.74, 6) is 1.49. The highest BCUT2D eigenvalue weighted by Gasteiger charge is 2.24. The average Bonchev–Trinajstić information content (AvgIpc) is 2.49. The van der Waals surface area contributed by atoms with E-state index >= 15 is 0 Å². The second kappa shape index (κ2) is 6.80. The van der Waals surface area contributed by atoms with Crippen LogP contribution in [-0.2, 0) is 0 Å². The van der Waals surface area contributed by atoms with Crippen LogP contribution in [0.3, 0.4) is 0 Å². The molecule has 1 aromatic carbocycles. The molecule has 116 valence electrons. The van der Waals surface area contributed by atoms with Crippen molar-refractivity contribution in [1.82, 2.24) is 9.80 Å². The number of nitrogens with one attached hydrogen (secondary N) is 1. The fourth-order valence-corrected chi connectivity index (χ4v) is 3.72. The Bertz CT molecular complexity index is 450. The lowest BCUT2D eigenvalue weighted by molar-refractivity contribution is 0.116. The van der Waals surface area contributed by atoms with E-state index in [2.05, 4.69) is 53.2 Å². The Morgan fingerprint density at radius 2 is 1.81 bits per heavy atom. The van der Waals surface area contributed by atoms with Crippen LogP contribution < -0.4 is 5.32 Å². The molecule has 1 atom stereocenters. The quantitative estimate of drug-likeness (QED) is 0.918. The minimum atomic E-state index is 0.707. The van der Waals surface area contributed by atoms with Crippen molar-refractivity contribution >= 4 is 5.69 Å². The fraction of sp³-hybridized carbons (Fsp3) is 0.667. The van der Waals surface area contributed by atoms with Crippen LogP contribution in [0.5, 0.6) is 0 Å². The van der Waals surface area contributed by atoms with Gasteiger partial charge in [-0.1, -0.05) is 32.0 Å². The number of fused-ring (bicyclic) bond motifs is 1. The van der Waals surface area contributed by atoms with E-state index in [4.69, 9.17) is 0 Å². The van der Waals surface area contributed by atoms with Crippen LogP contribution >= 0.6 is 0 Å². The number of hydrogen-bond donors (Lipinski definition) is 1. The number of rotatable bonds is 4. The molecule has 1 N–H and O–H groups in total. The SMILES string of the molecule is CC(C)CN1CCN(CC2CCNc3ccccc32)CC1. The molecule has 1 aromatic rings. The van der Waals surface area contributed by atoms with Gasteiger partial charge in [0.1, 0.15) is 0 Å². The predicted molar refractivity (Wildman–Crippen MR) is 90.0 cm³/mol. The van der Waals surface area contributed by atoms with Gasteiger partial charge in [0, 0.05) is 57.4 Å². The largest absolute Gasteiger partial charge is 0.385 e. The molecular formula is C18H29N3. The third kappa shape index (κ3) is 3.78. The van der Waals surface area contributed by atoms with Gasteiger partial charge in [0.25, 0.3) is 0 Å². The minimum absolute atomic E-state index is 0.707. The Labute approximate surface area is 129 Å². The van der Waals surface area contributed by atoms with Crippen LogP contribution in [0.15, 0.2) is 24.3 Å². The summed E-state index contributed by atoms with van der Waals surface area (Å²) in [7, 11) is 0. The number of piperazine rings is 1. The van der Waals surface area contributed by atoms with E-state index in [1.165, 1.54) is 56.9 Å². The number of anilines is 1. The van der Waals surface area contributed by atoms with Crippen molar-refractivity contribution in [2.75, 3.05) is 51.1 Å². The lowest BCUT2D eigenvalue weighted by atomic mass is 9.90. The maximum atomic E-state index is 3.53. The Morgan fingerprint density at radius 1 is 1.10 bits per heavy atom. The van der Waals surface area contributed by atoms with E-state index in [9.17, 15) is 0 Å². The molecule has 1 fully saturated rings. The van der Waals surface area contributed by atoms with Crippen LogP contribution in [0.25, 0.3) is 0 Å². The molecule has 3 heteroatoms. The topological polar surface area (TPSA) is 18.5 Å². The standard InChI is InChI=1S/C18H29N3/c1-15(2)13-20-9-11-21(12-10-20)14-16-7-8-19-18-6-4-3-5-17(16)18/h3-6,15-16,19H,7-14H2,1-2H3. The van der Waals surface area contributed by atoms with Crippen molar-refractivity contribution in [1.29, 1.82) is 0 Å². The first-order valence-electron chi connectivity index (χ1n) is 8.50. The summed E-state index contributed by atoms with van der Waals surface area (Å²) in [5, 5.41) is 3.53. The molecule has 3 nitrogen and oxygen atoms in total. The van der Waals surface area contributed by atoms with Crippen molar-refractivity contribution in [2.24, 2.45) is 5.92 Å². The first kappa shape index (κ1) is 14.9. The maximum absolute atomic E-state index is 3.53. The molecule has 2 aliphatic heterocycles. The maximum Gasteiger partial charge on any atom is 0.0376 e. The van der Waals surface area contributed by atoms with E-state index < -0.39 is 0 Å². The van der Waals surface area contributed by atoms with Gasteiger partial charge in [0.05, 0.1) is 0 Å². The van der Waals surface area contributed by atoms with Gasteiger partial charge in [-0.3, -0.25) is 0 Å². The predicted octanol–water partition coefficient (Wildman–Crippen LogP) is 2.86. The summed E-state index contributed by atoms with van der Waals surface area (Å²) in [6.45, 7) is 13.2. The second-order valence-corrected chi connectivity index (χ2v) is 6.99. The normalized spacial score (nSPS) is 23.9. The lowest BCUT2D eigenvalue weighted by Crippen LogP contribution is -2.48. The number of nitrogens with zero attached hydrogens (tertiary/aromatic N) is 2. The molecule has 0 bridgehead atoms. The third-order valence-corrected chi connectivity index (χ3v) is 4.78. The van der Waals surface area contributed by atoms with Gasteiger partial charge in [-0.2, -0.15) is 0 Å². The Balaban J connectivity index is 1.54. The summed E-state index contributed by atoms with van der Waals surface area (Å²) in [5.41, 5.74) is 2.88. The van der Waals surface area contributed by atoms with Crippen LogP contribution in [0.1, 0.15) is 31.7 Å². The van der Waals surface area contributed by atoms with Crippen LogP contribution in [0, 0.1) is 5.92 Å². The second-order valence-electron chi connectivity index (χ2n) is 6.99. The smallest absolute Gasteiger partial charge is 0.0376 e. The Morgan fingerprint density at radius 3 is 2.57 bits per heavy atom. The molecule has 0 radical (unpaired) electrons. The van der Waals surface area contributed by atoms with Gasteiger partial charge in [-0.15, -0.1) is 0 Å². The molecule has 3 rings (SSSR count). The van der Waals surface area contributed by atoms with Gasteiger partial charge < -0.3 is 15.1 Å². The van der Waals surface area contributed by atoms with Crippen LogP contribution in [0.4, 0.5) is 5.69 Å². The van der Waals surface area contributed by atoms with Gasteiger partial charge >= 0.3 is 0 Å². The first-order chi connectivity index (χ1) is 10.2. The molecule has 21 heavy (non-hydrogen) atoms. The molecular weight excluding hydrogens is 258 g/mol. The fourth-order valence-electron chi connectivity index (χ4n) is 3.72. The minimum Gasteiger partial charge on any atom is -0.385 e. The summed E-state index contributed by atoms with van der Waals surface area (Å²) in [6, 6.07) is 8.85. The monoisotopic (exact) mass is 287 g/mol. The number of hydrogen-bond acceptors (Lipinski definition) is 3. The van der Waals surface area contributed by atoms with Crippen LogP contribution in [0.2, 0.25) is 0 Å². The third-order valence-electron chi connectivity index (χ3n) is 4.78. The molecule has 0 saturated carbocycles. The first-order valence-corrected chi connectivity index (χ1v) is 8.50. The van der Waals surface area contributed by atoms with E-state index in [0.717, 1.165) is 12.5 Å². The van der Waals surface area contributed by atoms with Crippen molar-refractivity contribution in [2.45, 2.75) is 26.2 Å². The van der Waals surface area contributed by atoms with Crippen LogP contribution in [-0.4, -0.2) is 55.6 Å². The van der Waals surface area contributed by atoms with E-state index in [1.807, 2.05) is 0 Å². The zero-order valence-corrected chi connectivity index (χ0v) is 13.5. The zero-order chi connectivity index (χ0) is 14.7. The molecule has 2 aliphatic rings. The molecule has 1 unspecified atom stereocenters. The summed E-state index contributed by atoms with van der Waals surface area (Å²) in [6.07, 6.45) is 1.27. The molecule has 2 heterocycles. The summed E-state index contributed by atoms with van der Waals surface area (Å²) < 4.78 is 0. The van der Waals surface area contributed by atoms with Crippen molar-refractivity contribution in [3.63, 3.8) is 0 Å². The number of benzene rings is 1. The summed E-state index contributed by atoms with van der Waals surface area (Å²) >= 11 is 0. The Kier molecular flexibility index (Phi) is 4.81. The molecule has 0 aliphatic carbocycles. The Hall–Kier alpha value is -1.06. The van der Waals surface area contributed by atoms with Gasteiger partial charge in [-0.05, 0) is 24.0 Å². The van der Waals surface area contributed by atoms with Gasteiger partial charge in [0.2, 0.25) is 0 Å². The van der Waals surface area contributed by atoms with Crippen molar-refractivity contribution < 1.29 is 0 Å². The summed E-state index contributed by atoms with van der Waals surface area (Å²) in [4.78, 5) is 5.29. The van der Waals surface area contributed by atoms with Crippen molar-refractivity contribution in [3.8, 4) is 0 Å². The average molecular weight is 287 g/mol. The van der Waals surface area contributed by atoms with Gasteiger partial charge in [-0.25, -0.2) is 0 Å². The lowest BCUT2D eigenvalue weighted by Gasteiger charge is -2.38. The van der Waals surface area contributed by atoms with Gasteiger partial charge in [0.15, 0.2) is 0 Å². The van der Waals surface area contributed by atoms with E-state index in [-0.39, 0.29) is 0 Å². The highest BCUT2D eigenvalue weighted by atomic mass is 15.3. The molecule has 1 saturated heterocycles. The van der Waals surface area contributed by atoms with E-state index in [0.29, 0.717) is 5.92 Å². The van der Waals surface area contributed by atoms with Crippen molar-refractivity contribution in [3.05, 3.63) is 29.8 Å². The molecule has 0 spiro atoms. The highest BCUT2D eigenvalue weighted by Crippen LogP contribution is 2.32. The van der Waals surface area contributed by atoms with E-state index in [1.54, 1.807) is 0 Å². The molecule has 0 amide bonds. The zero-order valence-electron chi connectivity index (χ0n) is 13.5.